The summed E-state index contributed by atoms with van der Waals surface area (Å²) in [5.41, 5.74) is 3.04. The number of H-pyrrole nitrogens is 1. The summed E-state index contributed by atoms with van der Waals surface area (Å²) >= 11 is 3.98. The Morgan fingerprint density at radius 3 is 3.00 bits per heavy atom. The van der Waals surface area contributed by atoms with E-state index in [1.54, 1.807) is 11.9 Å². The molecule has 0 atom stereocenters. The fourth-order valence-electron chi connectivity index (χ4n) is 1.77. The molecule has 4 nitrogen and oxygen atoms in total. The minimum absolute atomic E-state index is 0.0224. The van der Waals surface area contributed by atoms with Crippen LogP contribution >= 0.6 is 12.6 Å². The lowest BCUT2D eigenvalue weighted by atomic mass is 10.2. The Bertz CT molecular complexity index is 550. The molecule has 90 valence electrons. The van der Waals surface area contributed by atoms with E-state index in [0.717, 1.165) is 22.4 Å². The zero-order valence-corrected chi connectivity index (χ0v) is 10.8. The molecule has 0 radical (unpaired) electrons. The first-order valence-corrected chi connectivity index (χ1v) is 6.03. The number of benzene rings is 1. The summed E-state index contributed by atoms with van der Waals surface area (Å²) in [7, 11) is 1.78. The summed E-state index contributed by atoms with van der Waals surface area (Å²) in [5, 5.41) is 0. The van der Waals surface area contributed by atoms with Crippen molar-refractivity contribution >= 4 is 29.6 Å². The first-order chi connectivity index (χ1) is 8.10. The van der Waals surface area contributed by atoms with Gasteiger partial charge in [-0.25, -0.2) is 4.98 Å². The van der Waals surface area contributed by atoms with E-state index in [1.165, 1.54) is 0 Å². The Hall–Kier alpha value is -1.49. The fourth-order valence-corrected chi connectivity index (χ4v) is 2.01. The molecule has 0 fully saturated rings. The van der Waals surface area contributed by atoms with Crippen molar-refractivity contribution in [1.29, 1.82) is 0 Å². The van der Waals surface area contributed by atoms with Gasteiger partial charge in [-0.15, -0.1) is 0 Å². The maximum atomic E-state index is 11.4. The van der Waals surface area contributed by atoms with Gasteiger partial charge in [0.15, 0.2) is 0 Å². The summed E-state index contributed by atoms with van der Waals surface area (Å²) < 4.78 is 0. The largest absolute Gasteiger partial charge is 0.342 e. The minimum Gasteiger partial charge on any atom is -0.342 e. The van der Waals surface area contributed by atoms with E-state index in [-0.39, 0.29) is 11.7 Å². The van der Waals surface area contributed by atoms with Crippen LogP contribution in [-0.2, 0) is 11.3 Å². The Kier molecular flexibility index (Phi) is 3.38. The molecule has 1 aromatic heterocycles. The fraction of sp³-hybridized carbons (Fsp3) is 0.333. The second kappa shape index (κ2) is 4.79. The molecule has 2 rings (SSSR count). The third kappa shape index (κ3) is 2.61. The van der Waals surface area contributed by atoms with Crippen molar-refractivity contribution in [2.24, 2.45) is 0 Å². The number of amides is 1. The predicted octanol–water partition coefficient (Wildman–Crippen LogP) is 1.76. The van der Waals surface area contributed by atoms with Crippen molar-refractivity contribution in [3.8, 4) is 0 Å². The maximum Gasteiger partial charge on any atom is 0.232 e. The van der Waals surface area contributed by atoms with Gasteiger partial charge in [-0.05, 0) is 24.6 Å². The number of aryl methyl sites for hydroxylation is 1. The van der Waals surface area contributed by atoms with E-state index in [1.807, 2.05) is 25.1 Å². The van der Waals surface area contributed by atoms with Gasteiger partial charge in [-0.3, -0.25) is 4.79 Å². The Labute approximate surface area is 105 Å². The van der Waals surface area contributed by atoms with Crippen LogP contribution in [0.3, 0.4) is 0 Å². The molecule has 0 unspecified atom stereocenters. The van der Waals surface area contributed by atoms with Crippen LogP contribution in [0.2, 0.25) is 0 Å². The van der Waals surface area contributed by atoms with Crippen molar-refractivity contribution < 1.29 is 4.79 Å². The summed E-state index contributed by atoms with van der Waals surface area (Å²) in [6.45, 7) is 2.52. The average Bonchev–Trinajstić information content (AvgIpc) is 2.67. The molecule has 0 bridgehead atoms. The molecule has 0 aliphatic carbocycles. The molecular weight excluding hydrogens is 234 g/mol. The quantitative estimate of drug-likeness (QED) is 0.814. The number of aromatic nitrogens is 2. The third-order valence-electron chi connectivity index (χ3n) is 2.65. The molecule has 0 aliphatic heterocycles. The van der Waals surface area contributed by atoms with E-state index in [4.69, 9.17) is 0 Å². The molecule has 1 aromatic carbocycles. The minimum atomic E-state index is 0.0224. The molecule has 0 saturated heterocycles. The SMILES string of the molecule is Cc1nc2ccc(CN(C)C(=O)CS)cc2[nH]1. The highest BCUT2D eigenvalue weighted by Gasteiger charge is 2.08. The standard InChI is InChI=1S/C12H15N3OS/c1-8-13-10-4-3-9(5-11(10)14-8)6-15(2)12(16)7-17/h3-5,17H,6-7H2,1-2H3,(H,13,14). The predicted molar refractivity (Wildman–Crippen MR) is 71.2 cm³/mol. The molecule has 5 heteroatoms. The van der Waals surface area contributed by atoms with Crippen molar-refractivity contribution in [2.75, 3.05) is 12.8 Å². The van der Waals surface area contributed by atoms with Gasteiger partial charge in [0.05, 0.1) is 16.8 Å². The van der Waals surface area contributed by atoms with Gasteiger partial charge in [-0.2, -0.15) is 12.6 Å². The van der Waals surface area contributed by atoms with Gasteiger partial charge in [0.25, 0.3) is 0 Å². The number of thiol groups is 1. The first kappa shape index (κ1) is 12.0. The second-order valence-corrected chi connectivity index (χ2v) is 4.40. The van der Waals surface area contributed by atoms with Gasteiger partial charge in [-0.1, -0.05) is 6.07 Å². The van der Waals surface area contributed by atoms with Crippen LogP contribution in [0.15, 0.2) is 18.2 Å². The van der Waals surface area contributed by atoms with E-state index in [2.05, 4.69) is 22.6 Å². The lowest BCUT2D eigenvalue weighted by Gasteiger charge is -2.15. The molecule has 0 saturated carbocycles. The summed E-state index contributed by atoms with van der Waals surface area (Å²) in [6.07, 6.45) is 0. The van der Waals surface area contributed by atoms with Gasteiger partial charge in [0.2, 0.25) is 5.91 Å². The van der Waals surface area contributed by atoms with E-state index in [0.29, 0.717) is 6.54 Å². The topological polar surface area (TPSA) is 49.0 Å². The first-order valence-electron chi connectivity index (χ1n) is 5.40. The molecule has 0 spiro atoms. The Morgan fingerprint density at radius 2 is 2.29 bits per heavy atom. The number of nitrogens with zero attached hydrogens (tertiary/aromatic N) is 2. The van der Waals surface area contributed by atoms with Crippen molar-refractivity contribution in [2.45, 2.75) is 13.5 Å². The number of carbonyl (C=O) groups excluding carboxylic acids is 1. The summed E-state index contributed by atoms with van der Waals surface area (Å²) in [6, 6.07) is 5.98. The van der Waals surface area contributed by atoms with Crippen LogP contribution in [0, 0.1) is 6.92 Å². The van der Waals surface area contributed by atoms with Gasteiger partial charge >= 0.3 is 0 Å². The molecule has 1 N–H and O–H groups in total. The van der Waals surface area contributed by atoms with Crippen LogP contribution in [0.25, 0.3) is 11.0 Å². The van der Waals surface area contributed by atoms with E-state index in [9.17, 15) is 4.79 Å². The number of carbonyl (C=O) groups is 1. The molecule has 17 heavy (non-hydrogen) atoms. The van der Waals surface area contributed by atoms with Crippen LogP contribution in [-0.4, -0.2) is 33.6 Å². The lowest BCUT2D eigenvalue weighted by molar-refractivity contribution is -0.127. The molecular formula is C12H15N3OS. The lowest BCUT2D eigenvalue weighted by Crippen LogP contribution is -2.27. The number of rotatable bonds is 3. The number of imidazole rings is 1. The van der Waals surface area contributed by atoms with Crippen LogP contribution in [0.5, 0.6) is 0 Å². The third-order valence-corrected chi connectivity index (χ3v) is 2.92. The van der Waals surface area contributed by atoms with Crippen LogP contribution < -0.4 is 0 Å². The number of fused-ring (bicyclic) bond motifs is 1. The molecule has 0 aliphatic rings. The average molecular weight is 249 g/mol. The normalized spacial score (nSPS) is 10.8. The zero-order valence-electron chi connectivity index (χ0n) is 9.90. The van der Waals surface area contributed by atoms with Gasteiger partial charge < -0.3 is 9.88 Å². The number of hydrogen-bond acceptors (Lipinski definition) is 3. The van der Waals surface area contributed by atoms with Gasteiger partial charge in [0, 0.05) is 13.6 Å². The smallest absolute Gasteiger partial charge is 0.232 e. The highest BCUT2D eigenvalue weighted by atomic mass is 32.1. The number of hydrogen-bond donors (Lipinski definition) is 2. The number of aromatic amines is 1. The highest BCUT2D eigenvalue weighted by Crippen LogP contribution is 2.14. The second-order valence-electron chi connectivity index (χ2n) is 4.08. The van der Waals surface area contributed by atoms with E-state index < -0.39 is 0 Å². The summed E-state index contributed by atoms with van der Waals surface area (Å²) in [4.78, 5) is 20.6. The number of nitrogens with one attached hydrogen (secondary N) is 1. The Balaban J connectivity index is 2.21. The van der Waals surface area contributed by atoms with Crippen molar-refractivity contribution in [3.63, 3.8) is 0 Å². The zero-order chi connectivity index (χ0) is 12.4. The molecule has 1 heterocycles. The van der Waals surface area contributed by atoms with Crippen molar-refractivity contribution in [3.05, 3.63) is 29.6 Å². The van der Waals surface area contributed by atoms with Crippen molar-refractivity contribution in [1.82, 2.24) is 14.9 Å². The highest BCUT2D eigenvalue weighted by molar-refractivity contribution is 7.81. The Morgan fingerprint density at radius 1 is 1.53 bits per heavy atom. The van der Waals surface area contributed by atoms with Crippen LogP contribution in [0.4, 0.5) is 0 Å². The van der Waals surface area contributed by atoms with Crippen LogP contribution in [0.1, 0.15) is 11.4 Å². The maximum absolute atomic E-state index is 11.4. The van der Waals surface area contributed by atoms with Gasteiger partial charge in [0.1, 0.15) is 5.82 Å². The van der Waals surface area contributed by atoms with E-state index >= 15 is 0 Å². The summed E-state index contributed by atoms with van der Waals surface area (Å²) in [5.74, 6) is 1.16. The molecule has 1 amide bonds. The molecule has 2 aromatic rings. The monoisotopic (exact) mass is 249 g/mol.